The summed E-state index contributed by atoms with van der Waals surface area (Å²) < 4.78 is 0. The molecule has 1 amide bonds. The first-order valence-electron chi connectivity index (χ1n) is 6.03. The van der Waals surface area contributed by atoms with Crippen molar-refractivity contribution >= 4 is 11.6 Å². The molecule has 0 fully saturated rings. The molecular weight excluding hydrogens is 254 g/mol. The van der Waals surface area contributed by atoms with E-state index in [9.17, 15) is 4.79 Å². The fourth-order valence-electron chi connectivity index (χ4n) is 1.78. The van der Waals surface area contributed by atoms with Gasteiger partial charge in [0.25, 0.3) is 5.91 Å². The monoisotopic (exact) mass is 265 g/mol. The van der Waals surface area contributed by atoms with E-state index in [1.807, 2.05) is 30.3 Å². The van der Waals surface area contributed by atoms with Crippen LogP contribution >= 0.6 is 0 Å². The van der Waals surface area contributed by atoms with Crippen molar-refractivity contribution in [2.75, 3.05) is 5.32 Å². The number of nitrogens with zero attached hydrogens (tertiary/aromatic N) is 3. The highest BCUT2D eigenvalue weighted by molar-refractivity contribution is 6.04. The van der Waals surface area contributed by atoms with Gasteiger partial charge in [0.1, 0.15) is 0 Å². The lowest BCUT2D eigenvalue weighted by atomic mass is 10.2. The van der Waals surface area contributed by atoms with Crippen LogP contribution < -0.4 is 5.32 Å². The molecule has 2 N–H and O–H groups in total. The standard InChI is InChI=1S/C14H11N5O/c20-14(11-4-2-1-3-5-11)15-12-8-6-10(7-9-12)13-16-18-19-17-13/h1-9H,(H,15,20)(H,16,17,18,19). The topological polar surface area (TPSA) is 83.6 Å². The maximum atomic E-state index is 12.0. The molecule has 3 rings (SSSR count). The number of benzene rings is 2. The van der Waals surface area contributed by atoms with Crippen molar-refractivity contribution in [3.8, 4) is 11.4 Å². The van der Waals surface area contributed by atoms with Gasteiger partial charge in [-0.05, 0) is 41.6 Å². The van der Waals surface area contributed by atoms with Crippen molar-refractivity contribution in [3.05, 3.63) is 60.2 Å². The number of hydrogen-bond donors (Lipinski definition) is 2. The maximum absolute atomic E-state index is 12.0. The number of tetrazole rings is 1. The highest BCUT2D eigenvalue weighted by Crippen LogP contribution is 2.17. The van der Waals surface area contributed by atoms with Gasteiger partial charge < -0.3 is 5.32 Å². The molecule has 6 nitrogen and oxygen atoms in total. The zero-order valence-electron chi connectivity index (χ0n) is 10.4. The first kappa shape index (κ1) is 12.0. The van der Waals surface area contributed by atoms with Gasteiger partial charge in [0.2, 0.25) is 5.82 Å². The van der Waals surface area contributed by atoms with E-state index in [0.717, 1.165) is 5.56 Å². The molecule has 0 radical (unpaired) electrons. The lowest BCUT2D eigenvalue weighted by Crippen LogP contribution is -2.11. The number of carbonyl (C=O) groups is 1. The van der Waals surface area contributed by atoms with Gasteiger partial charge in [-0.3, -0.25) is 4.79 Å². The van der Waals surface area contributed by atoms with E-state index in [4.69, 9.17) is 0 Å². The summed E-state index contributed by atoms with van der Waals surface area (Å²) in [5.41, 5.74) is 2.16. The van der Waals surface area contributed by atoms with E-state index in [1.165, 1.54) is 0 Å². The van der Waals surface area contributed by atoms with Gasteiger partial charge >= 0.3 is 0 Å². The summed E-state index contributed by atoms with van der Waals surface area (Å²) >= 11 is 0. The van der Waals surface area contributed by atoms with Crippen LogP contribution in [0.4, 0.5) is 5.69 Å². The van der Waals surface area contributed by atoms with Gasteiger partial charge in [0.15, 0.2) is 0 Å². The van der Waals surface area contributed by atoms with Crippen LogP contribution in [0, 0.1) is 0 Å². The van der Waals surface area contributed by atoms with Crippen molar-refractivity contribution in [1.82, 2.24) is 20.6 Å². The molecule has 0 saturated heterocycles. The number of amides is 1. The first-order valence-corrected chi connectivity index (χ1v) is 6.03. The molecule has 0 saturated carbocycles. The molecule has 98 valence electrons. The summed E-state index contributed by atoms with van der Waals surface area (Å²) in [6.45, 7) is 0. The third-order valence-corrected chi connectivity index (χ3v) is 2.78. The molecule has 0 aliphatic heterocycles. The summed E-state index contributed by atoms with van der Waals surface area (Å²) in [4.78, 5) is 12.0. The van der Waals surface area contributed by atoms with Crippen molar-refractivity contribution < 1.29 is 4.79 Å². The van der Waals surface area contributed by atoms with Gasteiger partial charge in [-0.1, -0.05) is 18.2 Å². The van der Waals surface area contributed by atoms with Gasteiger partial charge in [-0.25, -0.2) is 0 Å². The minimum Gasteiger partial charge on any atom is -0.322 e. The van der Waals surface area contributed by atoms with E-state index in [-0.39, 0.29) is 5.91 Å². The zero-order chi connectivity index (χ0) is 13.8. The summed E-state index contributed by atoms with van der Waals surface area (Å²) in [5.74, 6) is 0.379. The Morgan fingerprint density at radius 1 is 1.00 bits per heavy atom. The predicted octanol–water partition coefficient (Wildman–Crippen LogP) is 2.12. The second kappa shape index (κ2) is 5.31. The molecule has 1 heterocycles. The highest BCUT2D eigenvalue weighted by Gasteiger charge is 2.06. The lowest BCUT2D eigenvalue weighted by molar-refractivity contribution is 0.102. The molecule has 0 aliphatic carbocycles. The molecule has 0 unspecified atom stereocenters. The van der Waals surface area contributed by atoms with E-state index in [1.54, 1.807) is 24.3 Å². The summed E-state index contributed by atoms with van der Waals surface area (Å²) in [6.07, 6.45) is 0. The van der Waals surface area contributed by atoms with Crippen LogP contribution in [0.3, 0.4) is 0 Å². The average Bonchev–Trinajstić information content (AvgIpc) is 3.03. The molecule has 1 aromatic heterocycles. The molecule has 0 atom stereocenters. The normalized spacial score (nSPS) is 10.2. The second-order valence-electron chi connectivity index (χ2n) is 4.13. The molecule has 20 heavy (non-hydrogen) atoms. The Morgan fingerprint density at radius 2 is 1.75 bits per heavy atom. The summed E-state index contributed by atoms with van der Waals surface area (Å²) in [7, 11) is 0. The Morgan fingerprint density at radius 3 is 2.40 bits per heavy atom. The van der Waals surface area contributed by atoms with Crippen LogP contribution in [0.15, 0.2) is 54.6 Å². The number of hydrogen-bond acceptors (Lipinski definition) is 4. The fourth-order valence-corrected chi connectivity index (χ4v) is 1.78. The van der Waals surface area contributed by atoms with E-state index >= 15 is 0 Å². The van der Waals surface area contributed by atoms with Crippen molar-refractivity contribution in [2.24, 2.45) is 0 Å². The number of aromatic amines is 1. The Labute approximate surface area is 114 Å². The minimum atomic E-state index is -0.141. The van der Waals surface area contributed by atoms with E-state index < -0.39 is 0 Å². The Balaban J connectivity index is 1.74. The second-order valence-corrected chi connectivity index (χ2v) is 4.13. The lowest BCUT2D eigenvalue weighted by Gasteiger charge is -2.05. The number of aromatic nitrogens is 4. The van der Waals surface area contributed by atoms with E-state index in [2.05, 4.69) is 25.9 Å². The molecule has 6 heteroatoms. The largest absolute Gasteiger partial charge is 0.322 e. The van der Waals surface area contributed by atoms with Crippen LogP contribution in [0.2, 0.25) is 0 Å². The first-order chi connectivity index (χ1) is 9.83. The van der Waals surface area contributed by atoms with Gasteiger partial charge in [0.05, 0.1) is 0 Å². The van der Waals surface area contributed by atoms with Crippen LogP contribution in [-0.2, 0) is 0 Å². The number of nitrogens with one attached hydrogen (secondary N) is 2. The SMILES string of the molecule is O=C(Nc1ccc(-c2nn[nH]n2)cc1)c1ccccc1. The van der Waals surface area contributed by atoms with Crippen molar-refractivity contribution in [2.45, 2.75) is 0 Å². The van der Waals surface area contributed by atoms with E-state index in [0.29, 0.717) is 17.1 Å². The number of carbonyl (C=O) groups excluding carboxylic acids is 1. The third-order valence-electron chi connectivity index (χ3n) is 2.78. The summed E-state index contributed by atoms with van der Waals surface area (Å²) in [5, 5.41) is 16.5. The quantitative estimate of drug-likeness (QED) is 0.759. The van der Waals surface area contributed by atoms with Gasteiger partial charge in [-0.2, -0.15) is 5.21 Å². The molecule has 0 aliphatic rings. The van der Waals surface area contributed by atoms with Crippen LogP contribution in [0.25, 0.3) is 11.4 Å². The highest BCUT2D eigenvalue weighted by atomic mass is 16.1. The average molecular weight is 265 g/mol. The molecule has 0 spiro atoms. The Kier molecular flexibility index (Phi) is 3.20. The minimum absolute atomic E-state index is 0.141. The van der Waals surface area contributed by atoms with Crippen LogP contribution in [-0.4, -0.2) is 26.5 Å². The Hall–Kier alpha value is -3.02. The third kappa shape index (κ3) is 2.54. The number of rotatable bonds is 3. The van der Waals surface area contributed by atoms with Gasteiger partial charge in [-0.15, -0.1) is 10.2 Å². The number of H-pyrrole nitrogens is 1. The number of anilines is 1. The predicted molar refractivity (Wildman–Crippen MR) is 74.0 cm³/mol. The Bertz CT molecular complexity index is 692. The smallest absolute Gasteiger partial charge is 0.255 e. The van der Waals surface area contributed by atoms with Gasteiger partial charge in [0, 0.05) is 16.8 Å². The molecule has 2 aromatic carbocycles. The van der Waals surface area contributed by atoms with Crippen LogP contribution in [0.5, 0.6) is 0 Å². The molecule has 3 aromatic rings. The van der Waals surface area contributed by atoms with Crippen molar-refractivity contribution in [3.63, 3.8) is 0 Å². The van der Waals surface area contributed by atoms with Crippen LogP contribution in [0.1, 0.15) is 10.4 Å². The maximum Gasteiger partial charge on any atom is 0.255 e. The summed E-state index contributed by atoms with van der Waals surface area (Å²) in [6, 6.07) is 16.3. The molecular formula is C14H11N5O. The zero-order valence-corrected chi connectivity index (χ0v) is 10.4. The molecule has 0 bridgehead atoms. The van der Waals surface area contributed by atoms with Crippen molar-refractivity contribution in [1.29, 1.82) is 0 Å². The fraction of sp³-hybridized carbons (Fsp3) is 0.